The summed E-state index contributed by atoms with van der Waals surface area (Å²) < 4.78 is 16.1. The summed E-state index contributed by atoms with van der Waals surface area (Å²) in [4.78, 5) is 23.9. The first kappa shape index (κ1) is 15.8. The van der Waals surface area contributed by atoms with Gasteiger partial charge in [0, 0.05) is 11.6 Å². The van der Waals surface area contributed by atoms with Crippen LogP contribution in [0.5, 0.6) is 5.75 Å². The Morgan fingerprint density at radius 3 is 2.62 bits per heavy atom. The Hall–Kier alpha value is -3.08. The summed E-state index contributed by atoms with van der Waals surface area (Å²) >= 11 is 0. The molecule has 0 N–H and O–H groups in total. The first-order chi connectivity index (χ1) is 11.7. The van der Waals surface area contributed by atoms with Crippen molar-refractivity contribution in [2.75, 3.05) is 13.2 Å². The maximum Gasteiger partial charge on any atom is 0.344 e. The van der Waals surface area contributed by atoms with Crippen LogP contribution in [-0.4, -0.2) is 19.2 Å². The van der Waals surface area contributed by atoms with Gasteiger partial charge in [-0.25, -0.2) is 4.79 Å². The van der Waals surface area contributed by atoms with Gasteiger partial charge in [-0.1, -0.05) is 36.4 Å². The minimum atomic E-state index is -0.486. The number of ether oxygens (including phenoxy) is 2. The fraction of sp³-hybridized carbons (Fsp3) is 0.158. The lowest BCUT2D eigenvalue weighted by Gasteiger charge is -2.09. The predicted molar refractivity (Wildman–Crippen MR) is 90.0 cm³/mol. The Kier molecular flexibility index (Phi) is 4.61. The second kappa shape index (κ2) is 7.00. The molecule has 5 heteroatoms. The minimum absolute atomic E-state index is 0.227. The minimum Gasteiger partial charge on any atom is -0.481 e. The van der Waals surface area contributed by atoms with E-state index in [1.54, 1.807) is 25.1 Å². The van der Waals surface area contributed by atoms with Crippen LogP contribution < -0.4 is 10.2 Å². The smallest absolute Gasteiger partial charge is 0.344 e. The van der Waals surface area contributed by atoms with Crippen molar-refractivity contribution in [1.29, 1.82) is 0 Å². The van der Waals surface area contributed by atoms with E-state index in [0.29, 0.717) is 22.5 Å². The van der Waals surface area contributed by atoms with Gasteiger partial charge in [0.2, 0.25) is 0 Å². The zero-order chi connectivity index (χ0) is 16.9. The van der Waals surface area contributed by atoms with Crippen molar-refractivity contribution in [3.05, 3.63) is 64.8 Å². The molecule has 0 unspecified atom stereocenters. The summed E-state index contributed by atoms with van der Waals surface area (Å²) in [5, 5.41) is 0.307. The van der Waals surface area contributed by atoms with Crippen molar-refractivity contribution in [2.45, 2.75) is 6.92 Å². The van der Waals surface area contributed by atoms with E-state index in [1.807, 2.05) is 30.3 Å². The highest BCUT2D eigenvalue weighted by Crippen LogP contribution is 2.27. The molecule has 0 amide bonds. The van der Waals surface area contributed by atoms with Gasteiger partial charge < -0.3 is 13.9 Å². The molecule has 1 heterocycles. The van der Waals surface area contributed by atoms with Crippen LogP contribution in [0.25, 0.3) is 22.3 Å². The van der Waals surface area contributed by atoms with Gasteiger partial charge >= 0.3 is 5.97 Å². The van der Waals surface area contributed by atoms with E-state index < -0.39 is 5.97 Å². The summed E-state index contributed by atoms with van der Waals surface area (Å²) in [6, 6.07) is 15.8. The van der Waals surface area contributed by atoms with Crippen LogP contribution in [0, 0.1) is 0 Å². The zero-order valence-electron chi connectivity index (χ0n) is 13.2. The molecule has 0 aliphatic rings. The van der Waals surface area contributed by atoms with Crippen molar-refractivity contribution in [3.63, 3.8) is 0 Å². The van der Waals surface area contributed by atoms with Crippen LogP contribution in [0.1, 0.15) is 6.92 Å². The number of hydrogen-bond acceptors (Lipinski definition) is 5. The molecule has 0 fully saturated rings. The molecule has 1 aromatic heterocycles. The molecule has 24 heavy (non-hydrogen) atoms. The Labute approximate surface area is 138 Å². The zero-order valence-corrected chi connectivity index (χ0v) is 13.2. The normalized spacial score (nSPS) is 10.5. The van der Waals surface area contributed by atoms with Gasteiger partial charge in [0.15, 0.2) is 12.0 Å². The first-order valence-electron chi connectivity index (χ1n) is 7.59. The van der Waals surface area contributed by atoms with Crippen LogP contribution in [0.2, 0.25) is 0 Å². The molecular weight excluding hydrogens is 308 g/mol. The largest absolute Gasteiger partial charge is 0.481 e. The molecule has 0 radical (unpaired) electrons. The maximum absolute atomic E-state index is 12.5. The molecule has 3 rings (SSSR count). The van der Waals surface area contributed by atoms with Crippen molar-refractivity contribution in [1.82, 2.24) is 0 Å². The Bertz CT molecular complexity index is 912. The van der Waals surface area contributed by atoms with Crippen molar-refractivity contribution in [3.8, 4) is 17.1 Å². The topological polar surface area (TPSA) is 65.7 Å². The lowest BCUT2D eigenvalue weighted by atomic mass is 10.1. The molecule has 0 saturated heterocycles. The Morgan fingerprint density at radius 2 is 1.88 bits per heavy atom. The summed E-state index contributed by atoms with van der Waals surface area (Å²) in [6.45, 7) is 1.74. The third-order valence-corrected chi connectivity index (χ3v) is 3.43. The first-order valence-corrected chi connectivity index (χ1v) is 7.59. The maximum atomic E-state index is 12.5. The van der Waals surface area contributed by atoms with Crippen LogP contribution >= 0.6 is 0 Å². The predicted octanol–water partition coefficient (Wildman–Crippen LogP) is 3.40. The fourth-order valence-corrected chi connectivity index (χ4v) is 2.38. The van der Waals surface area contributed by atoms with Gasteiger partial charge in [0.1, 0.15) is 22.5 Å². The highest BCUT2D eigenvalue weighted by atomic mass is 16.6. The Morgan fingerprint density at radius 1 is 1.08 bits per heavy atom. The molecule has 0 aliphatic heterocycles. The number of esters is 1. The number of rotatable bonds is 5. The van der Waals surface area contributed by atoms with E-state index in [1.165, 1.54) is 6.07 Å². The van der Waals surface area contributed by atoms with E-state index >= 15 is 0 Å². The summed E-state index contributed by atoms with van der Waals surface area (Å²) in [5.74, 6) is 0.296. The standard InChI is InChI=1S/C19H16O5/c1-2-22-18(21)12-23-15-9-6-10-16-19(15)14(20)11-17(24-16)13-7-4-3-5-8-13/h3-11H,2,12H2,1H3. The number of carbonyl (C=O) groups is 1. The van der Waals surface area contributed by atoms with Gasteiger partial charge in [-0.2, -0.15) is 0 Å². The van der Waals surface area contributed by atoms with E-state index in [-0.39, 0.29) is 18.6 Å². The van der Waals surface area contributed by atoms with Crippen molar-refractivity contribution < 1.29 is 18.7 Å². The average Bonchev–Trinajstić information content (AvgIpc) is 2.60. The van der Waals surface area contributed by atoms with E-state index in [0.717, 1.165) is 5.56 Å². The molecule has 0 aliphatic carbocycles. The fourth-order valence-electron chi connectivity index (χ4n) is 2.38. The molecule has 0 atom stereocenters. The summed E-state index contributed by atoms with van der Waals surface area (Å²) in [7, 11) is 0. The highest BCUT2D eigenvalue weighted by molar-refractivity contribution is 5.85. The molecule has 122 valence electrons. The molecule has 2 aromatic carbocycles. The number of carbonyl (C=O) groups excluding carboxylic acids is 1. The summed E-state index contributed by atoms with van der Waals surface area (Å²) in [5.41, 5.74) is 0.992. The van der Waals surface area contributed by atoms with Crippen LogP contribution in [0.4, 0.5) is 0 Å². The third-order valence-electron chi connectivity index (χ3n) is 3.43. The quantitative estimate of drug-likeness (QED) is 0.673. The molecule has 5 nitrogen and oxygen atoms in total. The molecular formula is C19H16O5. The van der Waals surface area contributed by atoms with Crippen molar-refractivity contribution >= 4 is 16.9 Å². The van der Waals surface area contributed by atoms with Gasteiger partial charge in [0.25, 0.3) is 0 Å². The lowest BCUT2D eigenvalue weighted by molar-refractivity contribution is -0.145. The van der Waals surface area contributed by atoms with Crippen molar-refractivity contribution in [2.24, 2.45) is 0 Å². The van der Waals surface area contributed by atoms with Crippen LogP contribution in [0.3, 0.4) is 0 Å². The molecule has 0 saturated carbocycles. The monoisotopic (exact) mass is 324 g/mol. The van der Waals surface area contributed by atoms with Gasteiger partial charge in [0.05, 0.1) is 6.61 Å². The SMILES string of the molecule is CCOC(=O)COc1cccc2oc(-c3ccccc3)cc(=O)c12. The highest BCUT2D eigenvalue weighted by Gasteiger charge is 2.13. The third kappa shape index (κ3) is 3.30. The lowest BCUT2D eigenvalue weighted by Crippen LogP contribution is -2.15. The molecule has 0 spiro atoms. The van der Waals surface area contributed by atoms with Crippen LogP contribution in [0.15, 0.2) is 63.8 Å². The van der Waals surface area contributed by atoms with Gasteiger partial charge in [-0.15, -0.1) is 0 Å². The molecule has 3 aromatic rings. The Balaban J connectivity index is 1.99. The van der Waals surface area contributed by atoms with E-state index in [9.17, 15) is 9.59 Å². The number of hydrogen-bond donors (Lipinski definition) is 0. The number of benzene rings is 2. The molecule has 0 bridgehead atoms. The second-order valence-corrected chi connectivity index (χ2v) is 5.06. The van der Waals surface area contributed by atoms with Gasteiger partial charge in [-0.05, 0) is 19.1 Å². The van der Waals surface area contributed by atoms with E-state index in [2.05, 4.69) is 0 Å². The van der Waals surface area contributed by atoms with E-state index in [4.69, 9.17) is 13.9 Å². The average molecular weight is 324 g/mol. The van der Waals surface area contributed by atoms with Crippen LogP contribution in [-0.2, 0) is 9.53 Å². The van der Waals surface area contributed by atoms with Gasteiger partial charge in [-0.3, -0.25) is 4.79 Å². The second-order valence-electron chi connectivity index (χ2n) is 5.06. The summed E-state index contributed by atoms with van der Waals surface area (Å²) in [6.07, 6.45) is 0. The number of fused-ring (bicyclic) bond motifs is 1.